The van der Waals surface area contributed by atoms with Crippen LogP contribution in [0, 0.1) is 0 Å². The van der Waals surface area contributed by atoms with E-state index in [2.05, 4.69) is 59.2 Å². The largest absolute Gasteiger partial charge is 0.276 e. The Balaban J connectivity index is 1.48. The van der Waals surface area contributed by atoms with Crippen molar-refractivity contribution in [2.45, 2.75) is 0 Å². The maximum absolute atomic E-state index is 5.19. The summed E-state index contributed by atoms with van der Waals surface area (Å²) in [5.41, 5.74) is 6.48. The summed E-state index contributed by atoms with van der Waals surface area (Å²) >= 11 is 1.67. The van der Waals surface area contributed by atoms with Crippen LogP contribution in [0.15, 0.2) is 115 Å². The second-order valence-corrected chi connectivity index (χ2v) is 10.2. The van der Waals surface area contributed by atoms with E-state index in [1.165, 1.54) is 4.70 Å². The first kappa shape index (κ1) is 21.2. The summed E-state index contributed by atoms with van der Waals surface area (Å²) in [5, 5.41) is 2.19. The van der Waals surface area contributed by atoms with Crippen molar-refractivity contribution < 1.29 is 0 Å². The standard InChI is InChI=1S/C32H19N5S/c1-3-11-20(12-4-1)24-19-27(34-30(33-24)21-13-5-2-6-14-21)37-25-17-9-7-15-22(25)28-31(37)36-32-29(35-28)23-16-8-10-18-26(23)38-32/h1-19H. The third-order valence-electron chi connectivity index (χ3n) is 6.85. The first-order valence-corrected chi connectivity index (χ1v) is 13.2. The SMILES string of the molecule is c1ccc(-c2cc(-n3c4ccccc4c4nc5c(nc43)sc3ccccc35)nc(-c3ccccc3)n2)cc1. The minimum absolute atomic E-state index is 0.670. The van der Waals surface area contributed by atoms with Crippen molar-refractivity contribution >= 4 is 53.8 Å². The lowest BCUT2D eigenvalue weighted by Crippen LogP contribution is -2.03. The van der Waals surface area contributed by atoms with Crippen molar-refractivity contribution in [3.05, 3.63) is 115 Å². The van der Waals surface area contributed by atoms with Crippen LogP contribution in [0.4, 0.5) is 0 Å². The summed E-state index contributed by atoms with van der Waals surface area (Å²) in [6, 6.07) is 39.1. The Bertz CT molecular complexity index is 2070. The van der Waals surface area contributed by atoms with Crippen LogP contribution < -0.4 is 0 Å². The lowest BCUT2D eigenvalue weighted by atomic mass is 10.1. The van der Waals surface area contributed by atoms with Crippen LogP contribution in [-0.4, -0.2) is 24.5 Å². The molecule has 0 bridgehead atoms. The van der Waals surface area contributed by atoms with Gasteiger partial charge in [-0.15, -0.1) is 11.3 Å². The molecule has 0 unspecified atom stereocenters. The minimum Gasteiger partial charge on any atom is -0.276 e. The molecular weight excluding hydrogens is 486 g/mol. The normalized spacial score (nSPS) is 11.7. The van der Waals surface area contributed by atoms with Gasteiger partial charge in [0.2, 0.25) is 0 Å². The third-order valence-corrected chi connectivity index (χ3v) is 7.90. The molecule has 0 aliphatic carbocycles. The number of thiophene rings is 1. The molecule has 0 amide bonds. The van der Waals surface area contributed by atoms with Crippen molar-refractivity contribution in [2.24, 2.45) is 0 Å². The lowest BCUT2D eigenvalue weighted by Gasteiger charge is -2.11. The predicted molar refractivity (Wildman–Crippen MR) is 156 cm³/mol. The van der Waals surface area contributed by atoms with E-state index in [0.717, 1.165) is 60.4 Å². The molecule has 4 aromatic carbocycles. The number of aromatic nitrogens is 5. The Morgan fingerprint density at radius 3 is 2.05 bits per heavy atom. The number of rotatable bonds is 3. The summed E-state index contributed by atoms with van der Waals surface area (Å²) in [6.07, 6.45) is 0. The van der Waals surface area contributed by atoms with Crippen LogP contribution in [-0.2, 0) is 0 Å². The van der Waals surface area contributed by atoms with Crippen LogP contribution in [0.3, 0.4) is 0 Å². The molecule has 0 radical (unpaired) electrons. The monoisotopic (exact) mass is 505 g/mol. The van der Waals surface area contributed by atoms with Crippen molar-refractivity contribution in [3.8, 4) is 28.5 Å². The van der Waals surface area contributed by atoms with Gasteiger partial charge in [0.15, 0.2) is 11.5 Å². The molecule has 6 heteroatoms. The summed E-state index contributed by atoms with van der Waals surface area (Å²) in [4.78, 5) is 21.3. The van der Waals surface area contributed by atoms with Crippen molar-refractivity contribution in [2.75, 3.05) is 0 Å². The van der Waals surface area contributed by atoms with Crippen LogP contribution in [0.25, 0.3) is 71.0 Å². The maximum Gasteiger partial charge on any atom is 0.167 e. The fraction of sp³-hybridized carbons (Fsp3) is 0. The average molecular weight is 506 g/mol. The number of nitrogens with zero attached hydrogens (tertiary/aromatic N) is 5. The zero-order chi connectivity index (χ0) is 25.1. The summed E-state index contributed by atoms with van der Waals surface area (Å²) < 4.78 is 3.31. The molecule has 0 saturated heterocycles. The first-order valence-electron chi connectivity index (χ1n) is 12.4. The van der Waals surface area contributed by atoms with E-state index in [1.54, 1.807) is 11.3 Å². The Kier molecular flexibility index (Phi) is 4.62. The summed E-state index contributed by atoms with van der Waals surface area (Å²) in [7, 11) is 0. The second kappa shape index (κ2) is 8.30. The van der Waals surface area contributed by atoms with Gasteiger partial charge in [0.1, 0.15) is 21.7 Å². The van der Waals surface area contributed by atoms with Crippen LogP contribution in [0.5, 0.6) is 0 Å². The van der Waals surface area contributed by atoms with Gasteiger partial charge < -0.3 is 0 Å². The lowest BCUT2D eigenvalue weighted by molar-refractivity contribution is 1.03. The topological polar surface area (TPSA) is 56.5 Å². The number of hydrogen-bond acceptors (Lipinski definition) is 5. The van der Waals surface area contributed by atoms with Gasteiger partial charge in [-0.3, -0.25) is 4.57 Å². The number of benzene rings is 4. The highest BCUT2D eigenvalue weighted by atomic mass is 32.1. The molecule has 38 heavy (non-hydrogen) atoms. The predicted octanol–water partition coefficient (Wildman–Crippen LogP) is 8.07. The molecule has 4 aromatic heterocycles. The van der Waals surface area contributed by atoms with Gasteiger partial charge in [0.05, 0.1) is 11.2 Å². The van der Waals surface area contributed by atoms with Crippen LogP contribution >= 0.6 is 11.3 Å². The van der Waals surface area contributed by atoms with E-state index in [4.69, 9.17) is 19.9 Å². The Hall–Kier alpha value is -4.94. The Morgan fingerprint density at radius 1 is 0.553 bits per heavy atom. The van der Waals surface area contributed by atoms with Gasteiger partial charge >= 0.3 is 0 Å². The molecule has 0 aliphatic heterocycles. The van der Waals surface area contributed by atoms with E-state index in [0.29, 0.717) is 5.82 Å². The highest BCUT2D eigenvalue weighted by Gasteiger charge is 2.20. The molecule has 0 spiro atoms. The van der Waals surface area contributed by atoms with Crippen LogP contribution in [0.1, 0.15) is 0 Å². The molecular formula is C32H19N5S. The second-order valence-electron chi connectivity index (χ2n) is 9.17. The molecule has 4 heterocycles. The third kappa shape index (κ3) is 3.24. The molecule has 0 saturated carbocycles. The van der Waals surface area contributed by atoms with E-state index in [-0.39, 0.29) is 0 Å². The quantitative estimate of drug-likeness (QED) is 0.244. The van der Waals surface area contributed by atoms with Gasteiger partial charge in [-0.25, -0.2) is 19.9 Å². The highest BCUT2D eigenvalue weighted by molar-refractivity contribution is 7.25. The average Bonchev–Trinajstić information content (AvgIpc) is 3.51. The maximum atomic E-state index is 5.19. The van der Waals surface area contributed by atoms with Crippen molar-refractivity contribution in [1.82, 2.24) is 24.5 Å². The molecule has 5 nitrogen and oxygen atoms in total. The summed E-state index contributed by atoms with van der Waals surface area (Å²) in [6.45, 7) is 0. The smallest absolute Gasteiger partial charge is 0.167 e. The van der Waals surface area contributed by atoms with Crippen molar-refractivity contribution in [3.63, 3.8) is 0 Å². The first-order chi connectivity index (χ1) is 18.8. The van der Waals surface area contributed by atoms with E-state index in [1.807, 2.05) is 60.7 Å². The minimum atomic E-state index is 0.670. The zero-order valence-electron chi connectivity index (χ0n) is 20.1. The number of para-hydroxylation sites is 1. The Morgan fingerprint density at radius 2 is 1.24 bits per heavy atom. The van der Waals surface area contributed by atoms with Gasteiger partial charge in [0, 0.05) is 32.7 Å². The van der Waals surface area contributed by atoms with Gasteiger partial charge in [0.25, 0.3) is 0 Å². The molecule has 8 rings (SSSR count). The van der Waals surface area contributed by atoms with Gasteiger partial charge in [-0.1, -0.05) is 97.1 Å². The number of fused-ring (bicyclic) bond motifs is 6. The molecule has 0 aliphatic rings. The van der Waals surface area contributed by atoms with Crippen molar-refractivity contribution in [1.29, 1.82) is 0 Å². The zero-order valence-corrected chi connectivity index (χ0v) is 20.9. The van der Waals surface area contributed by atoms with E-state index in [9.17, 15) is 0 Å². The molecule has 0 fully saturated rings. The van der Waals surface area contributed by atoms with Crippen LogP contribution in [0.2, 0.25) is 0 Å². The molecule has 178 valence electrons. The highest BCUT2D eigenvalue weighted by Crippen LogP contribution is 2.37. The van der Waals surface area contributed by atoms with E-state index < -0.39 is 0 Å². The fourth-order valence-electron chi connectivity index (χ4n) is 5.09. The Labute approximate surface area is 221 Å². The van der Waals surface area contributed by atoms with Gasteiger partial charge in [-0.2, -0.15) is 0 Å². The molecule has 0 atom stereocenters. The fourth-order valence-corrected chi connectivity index (χ4v) is 6.10. The molecule has 8 aromatic rings. The van der Waals surface area contributed by atoms with Gasteiger partial charge in [-0.05, 0) is 12.1 Å². The van der Waals surface area contributed by atoms with E-state index >= 15 is 0 Å². The number of hydrogen-bond donors (Lipinski definition) is 0. The summed E-state index contributed by atoms with van der Waals surface area (Å²) in [5.74, 6) is 1.43. The molecule has 0 N–H and O–H groups in total.